The van der Waals surface area contributed by atoms with Gasteiger partial charge < -0.3 is 4.90 Å². The van der Waals surface area contributed by atoms with Crippen LogP contribution in [-0.4, -0.2) is 32.8 Å². The van der Waals surface area contributed by atoms with Gasteiger partial charge in [0.05, 0.1) is 17.9 Å². The predicted octanol–water partition coefficient (Wildman–Crippen LogP) is 3.75. The Bertz CT molecular complexity index is 830. The number of carbonyl (C=O) groups is 1. The molecule has 122 valence electrons. The van der Waals surface area contributed by atoms with Crippen LogP contribution in [0.2, 0.25) is 5.02 Å². The summed E-state index contributed by atoms with van der Waals surface area (Å²) in [6.07, 6.45) is 1.49. The van der Waals surface area contributed by atoms with E-state index in [9.17, 15) is 4.79 Å². The number of nitrogens with zero attached hydrogens (tertiary/aromatic N) is 4. The first-order valence-electron chi connectivity index (χ1n) is 7.56. The monoisotopic (exact) mass is 340 g/mol. The number of para-hydroxylation sites is 1. The largest absolute Gasteiger partial charge is 0.334 e. The van der Waals surface area contributed by atoms with E-state index in [2.05, 4.69) is 10.2 Å². The molecule has 0 spiro atoms. The summed E-state index contributed by atoms with van der Waals surface area (Å²) in [7, 11) is 1.75. The molecule has 0 saturated carbocycles. The summed E-state index contributed by atoms with van der Waals surface area (Å²) in [6.45, 7) is 1.96. The summed E-state index contributed by atoms with van der Waals surface area (Å²) in [4.78, 5) is 15.7. The minimum absolute atomic E-state index is 0.100. The van der Waals surface area contributed by atoms with Crippen molar-refractivity contribution >= 4 is 17.5 Å². The lowest BCUT2D eigenvalue weighted by Crippen LogP contribution is -2.30. The molecule has 2 aromatic carbocycles. The van der Waals surface area contributed by atoms with Crippen LogP contribution in [0.3, 0.4) is 0 Å². The second-order valence-electron chi connectivity index (χ2n) is 5.50. The molecule has 1 amide bonds. The molecule has 1 atom stereocenters. The molecule has 0 aliphatic heterocycles. The maximum atomic E-state index is 12.7. The minimum Gasteiger partial charge on any atom is -0.334 e. The van der Waals surface area contributed by atoms with Gasteiger partial charge in [0.15, 0.2) is 5.69 Å². The van der Waals surface area contributed by atoms with Gasteiger partial charge in [-0.3, -0.25) is 4.79 Å². The third-order valence-corrected chi connectivity index (χ3v) is 4.20. The quantitative estimate of drug-likeness (QED) is 0.726. The van der Waals surface area contributed by atoms with E-state index in [-0.39, 0.29) is 11.9 Å². The van der Waals surface area contributed by atoms with Crippen molar-refractivity contribution in [2.24, 2.45) is 0 Å². The molecule has 0 N–H and O–H groups in total. The van der Waals surface area contributed by atoms with E-state index in [1.54, 1.807) is 11.9 Å². The molecule has 1 unspecified atom stereocenters. The molecule has 0 saturated heterocycles. The number of hydrogen-bond donors (Lipinski definition) is 0. The van der Waals surface area contributed by atoms with Crippen LogP contribution in [0.15, 0.2) is 60.8 Å². The van der Waals surface area contributed by atoms with Gasteiger partial charge in [-0.15, -0.1) is 5.10 Å². The average Bonchev–Trinajstić information content (AvgIpc) is 3.11. The molecular formula is C18H17ClN4O. The van der Waals surface area contributed by atoms with Gasteiger partial charge in [0.25, 0.3) is 5.91 Å². The third-order valence-electron chi connectivity index (χ3n) is 3.95. The molecule has 1 heterocycles. The molecule has 0 bridgehead atoms. The highest BCUT2D eigenvalue weighted by Gasteiger charge is 2.21. The first-order chi connectivity index (χ1) is 11.6. The highest BCUT2D eigenvalue weighted by atomic mass is 35.5. The van der Waals surface area contributed by atoms with E-state index in [1.807, 2.05) is 61.5 Å². The van der Waals surface area contributed by atoms with E-state index in [0.717, 1.165) is 11.3 Å². The Balaban J connectivity index is 1.78. The lowest BCUT2D eigenvalue weighted by Gasteiger charge is -2.24. The van der Waals surface area contributed by atoms with E-state index < -0.39 is 0 Å². The first kappa shape index (κ1) is 16.2. The van der Waals surface area contributed by atoms with Gasteiger partial charge in [-0.25, -0.2) is 0 Å². The van der Waals surface area contributed by atoms with Gasteiger partial charge in [0, 0.05) is 12.1 Å². The van der Waals surface area contributed by atoms with Crippen molar-refractivity contribution in [3.05, 3.63) is 77.1 Å². The Hall–Kier alpha value is -2.66. The molecule has 5 nitrogen and oxygen atoms in total. The number of benzene rings is 2. The standard InChI is InChI=1S/C18H17ClN4O/c1-13(14-8-10-15(19)11-9-14)22(2)18(24)17-12-20-23(21-17)16-6-4-3-5-7-16/h3-13H,1-2H3. The molecule has 0 aliphatic carbocycles. The summed E-state index contributed by atoms with van der Waals surface area (Å²) in [5.74, 6) is -0.181. The first-order valence-corrected chi connectivity index (χ1v) is 7.94. The normalized spacial score (nSPS) is 12.0. The molecule has 6 heteroatoms. The maximum Gasteiger partial charge on any atom is 0.276 e. The Labute approximate surface area is 145 Å². The zero-order valence-corrected chi connectivity index (χ0v) is 14.2. The molecule has 0 fully saturated rings. The maximum absolute atomic E-state index is 12.7. The van der Waals surface area contributed by atoms with Crippen LogP contribution in [-0.2, 0) is 0 Å². The fraction of sp³-hybridized carbons (Fsp3) is 0.167. The minimum atomic E-state index is -0.181. The van der Waals surface area contributed by atoms with Crippen LogP contribution in [0.5, 0.6) is 0 Å². The van der Waals surface area contributed by atoms with Gasteiger partial charge >= 0.3 is 0 Å². The molecular weight excluding hydrogens is 324 g/mol. The SMILES string of the molecule is CC(c1ccc(Cl)cc1)N(C)C(=O)c1cnn(-c2ccccc2)n1. The highest BCUT2D eigenvalue weighted by molar-refractivity contribution is 6.30. The predicted molar refractivity (Wildman–Crippen MR) is 93.3 cm³/mol. The average molecular weight is 341 g/mol. The van der Waals surface area contributed by atoms with Crippen molar-refractivity contribution in [2.75, 3.05) is 7.05 Å². The van der Waals surface area contributed by atoms with E-state index in [1.165, 1.54) is 11.0 Å². The third kappa shape index (κ3) is 3.31. The van der Waals surface area contributed by atoms with Crippen LogP contribution in [0.25, 0.3) is 5.69 Å². The Morgan fingerprint density at radius 3 is 2.46 bits per heavy atom. The summed E-state index contributed by atoms with van der Waals surface area (Å²) in [5.41, 5.74) is 2.12. The van der Waals surface area contributed by atoms with Crippen LogP contribution in [0, 0.1) is 0 Å². The second kappa shape index (κ2) is 6.84. The highest BCUT2D eigenvalue weighted by Crippen LogP contribution is 2.22. The second-order valence-corrected chi connectivity index (χ2v) is 5.93. The van der Waals surface area contributed by atoms with E-state index >= 15 is 0 Å². The zero-order chi connectivity index (χ0) is 17.1. The lowest BCUT2D eigenvalue weighted by atomic mass is 10.1. The number of carbonyl (C=O) groups excluding carboxylic acids is 1. The van der Waals surface area contributed by atoms with Gasteiger partial charge in [0.2, 0.25) is 0 Å². The van der Waals surface area contributed by atoms with Crippen molar-refractivity contribution in [3.8, 4) is 5.69 Å². The molecule has 3 rings (SSSR count). The fourth-order valence-corrected chi connectivity index (χ4v) is 2.49. The van der Waals surface area contributed by atoms with Crippen LogP contribution in [0.1, 0.15) is 29.0 Å². The summed E-state index contributed by atoms with van der Waals surface area (Å²) in [5, 5.41) is 9.13. The number of hydrogen-bond acceptors (Lipinski definition) is 3. The van der Waals surface area contributed by atoms with Gasteiger partial charge in [-0.2, -0.15) is 9.90 Å². The lowest BCUT2D eigenvalue weighted by molar-refractivity contribution is 0.0736. The molecule has 1 aromatic heterocycles. The van der Waals surface area contributed by atoms with Gasteiger partial charge in [-0.1, -0.05) is 41.9 Å². The number of amides is 1. The summed E-state index contributed by atoms with van der Waals surface area (Å²) >= 11 is 5.91. The van der Waals surface area contributed by atoms with Crippen LogP contribution >= 0.6 is 11.6 Å². The Morgan fingerprint density at radius 2 is 1.79 bits per heavy atom. The molecule has 24 heavy (non-hydrogen) atoms. The van der Waals surface area contributed by atoms with Crippen molar-refractivity contribution < 1.29 is 4.79 Å². The smallest absolute Gasteiger partial charge is 0.276 e. The summed E-state index contributed by atoms with van der Waals surface area (Å²) in [6, 6.07) is 16.8. The summed E-state index contributed by atoms with van der Waals surface area (Å²) < 4.78 is 0. The zero-order valence-electron chi connectivity index (χ0n) is 13.4. The number of rotatable bonds is 4. The van der Waals surface area contributed by atoms with Crippen molar-refractivity contribution in [1.29, 1.82) is 0 Å². The van der Waals surface area contributed by atoms with Gasteiger partial charge in [-0.05, 0) is 36.8 Å². The topological polar surface area (TPSA) is 51.0 Å². The van der Waals surface area contributed by atoms with Crippen LogP contribution in [0.4, 0.5) is 0 Å². The Kier molecular flexibility index (Phi) is 4.62. The van der Waals surface area contributed by atoms with Crippen molar-refractivity contribution in [2.45, 2.75) is 13.0 Å². The van der Waals surface area contributed by atoms with E-state index in [0.29, 0.717) is 10.7 Å². The van der Waals surface area contributed by atoms with Gasteiger partial charge in [0.1, 0.15) is 0 Å². The molecule has 0 radical (unpaired) electrons. The fourth-order valence-electron chi connectivity index (χ4n) is 2.37. The Morgan fingerprint density at radius 1 is 1.12 bits per heavy atom. The number of halogens is 1. The van der Waals surface area contributed by atoms with Crippen molar-refractivity contribution in [3.63, 3.8) is 0 Å². The van der Waals surface area contributed by atoms with E-state index in [4.69, 9.17) is 11.6 Å². The molecule has 3 aromatic rings. The van der Waals surface area contributed by atoms with Crippen molar-refractivity contribution in [1.82, 2.24) is 19.9 Å². The molecule has 0 aliphatic rings. The number of aromatic nitrogens is 3. The van der Waals surface area contributed by atoms with Crippen LogP contribution < -0.4 is 0 Å².